The average molecular weight is 233 g/mol. The number of hydrogen-bond acceptors (Lipinski definition) is 5. The van der Waals surface area contributed by atoms with E-state index in [-0.39, 0.29) is 0 Å². The van der Waals surface area contributed by atoms with Crippen LogP contribution in [-0.4, -0.2) is 39.3 Å². The molecule has 6 nitrogen and oxygen atoms in total. The monoisotopic (exact) mass is 233 g/mol. The lowest BCUT2D eigenvalue weighted by Gasteiger charge is -2.06. The van der Waals surface area contributed by atoms with Gasteiger partial charge >= 0.3 is 0 Å². The molecule has 6 heteroatoms. The molecule has 0 bridgehead atoms. The zero-order chi connectivity index (χ0) is 11.5. The molecule has 2 heterocycles. The number of ether oxygens (including phenoxy) is 1. The van der Waals surface area contributed by atoms with Crippen LogP contribution in [0, 0.1) is 5.92 Å². The molecule has 0 amide bonds. The molecule has 2 aromatic heterocycles. The lowest BCUT2D eigenvalue weighted by molar-refractivity contribution is 0.134. The van der Waals surface area contributed by atoms with Crippen LogP contribution in [0.3, 0.4) is 0 Å². The minimum atomic E-state index is 0.702. The van der Waals surface area contributed by atoms with Crippen LogP contribution >= 0.6 is 0 Å². The van der Waals surface area contributed by atoms with Crippen molar-refractivity contribution in [3.05, 3.63) is 18.7 Å². The van der Waals surface area contributed by atoms with Gasteiger partial charge in [0.25, 0.3) is 0 Å². The summed E-state index contributed by atoms with van der Waals surface area (Å²) in [7, 11) is 0. The van der Waals surface area contributed by atoms with E-state index in [0.717, 1.165) is 30.5 Å². The van der Waals surface area contributed by atoms with Crippen LogP contribution in [-0.2, 0) is 4.74 Å². The Morgan fingerprint density at radius 2 is 2.41 bits per heavy atom. The molecule has 0 saturated heterocycles. The molecule has 0 aromatic carbocycles. The van der Waals surface area contributed by atoms with Crippen molar-refractivity contribution in [1.82, 2.24) is 19.6 Å². The number of fused-ring (bicyclic) bond motifs is 1. The SMILES string of the molecule is c1cn2cnnc2c(NCCOCC2CC2)n1. The molecule has 2 aromatic rings. The predicted octanol–water partition coefficient (Wildman–Crippen LogP) is 0.963. The third-order valence-corrected chi connectivity index (χ3v) is 2.81. The first-order valence-electron chi connectivity index (χ1n) is 5.89. The van der Waals surface area contributed by atoms with Gasteiger partial charge in [-0.15, -0.1) is 10.2 Å². The predicted molar refractivity (Wildman–Crippen MR) is 62.8 cm³/mol. The maximum absolute atomic E-state index is 5.54. The summed E-state index contributed by atoms with van der Waals surface area (Å²) in [4.78, 5) is 4.23. The fraction of sp³-hybridized carbons (Fsp3) is 0.545. The Morgan fingerprint density at radius 1 is 1.47 bits per heavy atom. The summed E-state index contributed by atoms with van der Waals surface area (Å²) >= 11 is 0. The number of nitrogens with one attached hydrogen (secondary N) is 1. The maximum Gasteiger partial charge on any atom is 0.203 e. The van der Waals surface area contributed by atoms with Gasteiger partial charge in [0.15, 0.2) is 5.82 Å². The van der Waals surface area contributed by atoms with Gasteiger partial charge in [0.2, 0.25) is 5.65 Å². The van der Waals surface area contributed by atoms with Crippen molar-refractivity contribution in [3.8, 4) is 0 Å². The molecule has 0 unspecified atom stereocenters. The summed E-state index contributed by atoms with van der Waals surface area (Å²) < 4.78 is 7.37. The zero-order valence-electron chi connectivity index (χ0n) is 9.54. The van der Waals surface area contributed by atoms with Crippen molar-refractivity contribution in [3.63, 3.8) is 0 Å². The van der Waals surface area contributed by atoms with Crippen LogP contribution in [0.5, 0.6) is 0 Å². The molecule has 90 valence electrons. The second-order valence-electron chi connectivity index (χ2n) is 4.28. The molecule has 1 aliphatic rings. The van der Waals surface area contributed by atoms with Crippen molar-refractivity contribution in [2.45, 2.75) is 12.8 Å². The zero-order valence-corrected chi connectivity index (χ0v) is 9.54. The molecule has 0 aliphatic heterocycles. The number of aromatic nitrogens is 4. The van der Waals surface area contributed by atoms with Crippen LogP contribution in [0.15, 0.2) is 18.7 Å². The van der Waals surface area contributed by atoms with Gasteiger partial charge in [0.1, 0.15) is 6.33 Å². The molecule has 0 spiro atoms. The van der Waals surface area contributed by atoms with Crippen molar-refractivity contribution in [2.75, 3.05) is 25.1 Å². The van der Waals surface area contributed by atoms with Crippen molar-refractivity contribution in [1.29, 1.82) is 0 Å². The molecule has 1 fully saturated rings. The summed E-state index contributed by atoms with van der Waals surface area (Å²) in [5.41, 5.74) is 0.745. The van der Waals surface area contributed by atoms with Gasteiger partial charge in [-0.2, -0.15) is 0 Å². The fourth-order valence-electron chi connectivity index (χ4n) is 1.66. The van der Waals surface area contributed by atoms with E-state index >= 15 is 0 Å². The van der Waals surface area contributed by atoms with Gasteiger partial charge in [-0.25, -0.2) is 4.98 Å². The van der Waals surface area contributed by atoms with Gasteiger partial charge in [-0.1, -0.05) is 0 Å². The quantitative estimate of drug-likeness (QED) is 0.753. The van der Waals surface area contributed by atoms with E-state index in [2.05, 4.69) is 20.5 Å². The molecule has 3 rings (SSSR count). The van der Waals surface area contributed by atoms with E-state index < -0.39 is 0 Å². The summed E-state index contributed by atoms with van der Waals surface area (Å²) in [6, 6.07) is 0. The van der Waals surface area contributed by atoms with Crippen LogP contribution < -0.4 is 5.32 Å². The molecule has 1 aliphatic carbocycles. The maximum atomic E-state index is 5.54. The van der Waals surface area contributed by atoms with E-state index in [4.69, 9.17) is 4.74 Å². The van der Waals surface area contributed by atoms with E-state index in [0.29, 0.717) is 6.61 Å². The van der Waals surface area contributed by atoms with Gasteiger partial charge < -0.3 is 10.1 Å². The number of hydrogen-bond donors (Lipinski definition) is 1. The van der Waals surface area contributed by atoms with Crippen LogP contribution in [0.25, 0.3) is 5.65 Å². The average Bonchev–Trinajstić information content (AvgIpc) is 3.04. The fourth-order valence-corrected chi connectivity index (χ4v) is 1.66. The third-order valence-electron chi connectivity index (χ3n) is 2.81. The first-order chi connectivity index (χ1) is 8.43. The Morgan fingerprint density at radius 3 is 3.29 bits per heavy atom. The van der Waals surface area contributed by atoms with Crippen LogP contribution in [0.2, 0.25) is 0 Å². The van der Waals surface area contributed by atoms with Gasteiger partial charge in [-0.05, 0) is 18.8 Å². The Balaban J connectivity index is 1.51. The Kier molecular flexibility index (Phi) is 2.87. The minimum absolute atomic E-state index is 0.702. The number of nitrogens with zero attached hydrogens (tertiary/aromatic N) is 4. The van der Waals surface area contributed by atoms with Crippen LogP contribution in [0.4, 0.5) is 5.82 Å². The topological polar surface area (TPSA) is 64.3 Å². The second-order valence-corrected chi connectivity index (χ2v) is 4.28. The van der Waals surface area contributed by atoms with E-state index in [1.165, 1.54) is 12.8 Å². The Hall–Kier alpha value is -1.69. The molecule has 1 saturated carbocycles. The van der Waals surface area contributed by atoms with E-state index in [9.17, 15) is 0 Å². The third kappa shape index (κ3) is 2.52. The minimum Gasteiger partial charge on any atom is -0.379 e. The smallest absolute Gasteiger partial charge is 0.203 e. The van der Waals surface area contributed by atoms with Gasteiger partial charge in [0, 0.05) is 25.5 Å². The lowest BCUT2D eigenvalue weighted by atomic mass is 10.5. The Labute approximate surface area is 99.0 Å². The van der Waals surface area contributed by atoms with Crippen molar-refractivity contribution >= 4 is 11.5 Å². The highest BCUT2D eigenvalue weighted by Crippen LogP contribution is 2.28. The largest absolute Gasteiger partial charge is 0.379 e. The molecule has 17 heavy (non-hydrogen) atoms. The molecule has 0 atom stereocenters. The Bertz CT molecular complexity index is 493. The number of rotatable bonds is 6. The summed E-state index contributed by atoms with van der Waals surface area (Å²) in [5, 5.41) is 11.1. The van der Waals surface area contributed by atoms with Gasteiger partial charge in [-0.3, -0.25) is 4.40 Å². The summed E-state index contributed by atoms with van der Waals surface area (Å²) in [6.45, 7) is 2.34. The van der Waals surface area contributed by atoms with Crippen molar-refractivity contribution < 1.29 is 4.74 Å². The van der Waals surface area contributed by atoms with Gasteiger partial charge in [0.05, 0.1) is 6.61 Å². The molecular formula is C11H15N5O. The summed E-state index contributed by atoms with van der Waals surface area (Å²) in [5.74, 6) is 1.56. The highest BCUT2D eigenvalue weighted by atomic mass is 16.5. The second kappa shape index (κ2) is 4.67. The van der Waals surface area contributed by atoms with Crippen molar-refractivity contribution in [2.24, 2.45) is 5.92 Å². The standard InChI is InChI=1S/C11H15N5O/c1-2-9(1)7-17-6-4-13-10-11-15-14-8-16(11)5-3-12-10/h3,5,8-9H,1-2,4,6-7H2,(H,12,13). The normalized spacial score (nSPS) is 15.3. The summed E-state index contributed by atoms with van der Waals surface area (Å²) in [6.07, 6.45) is 7.86. The highest BCUT2D eigenvalue weighted by Gasteiger charge is 2.20. The van der Waals surface area contributed by atoms with Crippen LogP contribution in [0.1, 0.15) is 12.8 Å². The first kappa shape index (κ1) is 10.5. The molecular weight excluding hydrogens is 218 g/mol. The van der Waals surface area contributed by atoms with E-state index in [1.54, 1.807) is 12.5 Å². The first-order valence-corrected chi connectivity index (χ1v) is 5.89. The molecule has 1 N–H and O–H groups in total. The number of anilines is 1. The lowest BCUT2D eigenvalue weighted by Crippen LogP contribution is -2.12. The molecule has 0 radical (unpaired) electrons. The van der Waals surface area contributed by atoms with E-state index in [1.807, 2.05) is 10.6 Å². The highest BCUT2D eigenvalue weighted by molar-refractivity contribution is 5.61.